The molecule has 0 saturated carbocycles. The molecule has 23 heavy (non-hydrogen) atoms. The van der Waals surface area contributed by atoms with Crippen LogP contribution in [0.25, 0.3) is 0 Å². The van der Waals surface area contributed by atoms with Crippen molar-refractivity contribution in [3.63, 3.8) is 0 Å². The summed E-state index contributed by atoms with van der Waals surface area (Å²) in [7, 11) is 3.75. The lowest BCUT2D eigenvalue weighted by Gasteiger charge is -2.06. The Hall–Kier alpha value is -1.85. The minimum absolute atomic E-state index is 0.0644. The number of benzene rings is 2. The number of carbonyl (C=O) groups is 2. The molecule has 0 bridgehead atoms. The van der Waals surface area contributed by atoms with Gasteiger partial charge in [0.15, 0.2) is 5.78 Å². The first-order valence-electron chi connectivity index (χ1n) is 7.05. The molecule has 0 spiro atoms. The highest BCUT2D eigenvalue weighted by Gasteiger charge is 2.13. The van der Waals surface area contributed by atoms with Crippen molar-refractivity contribution in [2.24, 2.45) is 0 Å². The fraction of sp³-hybridized carbons (Fsp3) is 0.222. The maximum absolute atomic E-state index is 12.9. The van der Waals surface area contributed by atoms with Crippen molar-refractivity contribution in [2.75, 3.05) is 14.1 Å². The zero-order valence-corrected chi connectivity index (χ0v) is 14.9. The van der Waals surface area contributed by atoms with E-state index in [1.165, 1.54) is 31.2 Å². The van der Waals surface area contributed by atoms with Crippen molar-refractivity contribution in [3.05, 3.63) is 69.4 Å². The van der Waals surface area contributed by atoms with Gasteiger partial charge in [-0.05, 0) is 63.0 Å². The van der Waals surface area contributed by atoms with Crippen LogP contribution in [-0.4, -0.2) is 25.7 Å². The van der Waals surface area contributed by atoms with Gasteiger partial charge in [-0.1, -0.05) is 22.0 Å². The maximum Gasteiger partial charge on any atom is 0.194 e. The molecule has 0 fully saturated rings. The molecule has 0 aromatic heterocycles. The first kappa shape index (κ1) is 19.2. The lowest BCUT2D eigenvalue weighted by Crippen LogP contribution is -2.04. The molecule has 3 nitrogen and oxygen atoms in total. The standard InChI is InChI=1S/C16H12BrFO2.C2H7N/c1-10(19)8-11-2-7-14(15(17)9-11)16(20)12-3-5-13(18)6-4-12;1-3-2/h2-7,9H,8H2,1H3;3H,1-2H3. The van der Waals surface area contributed by atoms with E-state index in [1.54, 1.807) is 18.2 Å². The Morgan fingerprint density at radius 1 is 1.09 bits per heavy atom. The lowest BCUT2D eigenvalue weighted by atomic mass is 10.0. The number of rotatable bonds is 4. The van der Waals surface area contributed by atoms with Crippen LogP contribution in [0.3, 0.4) is 0 Å². The van der Waals surface area contributed by atoms with Gasteiger partial charge in [0.1, 0.15) is 11.6 Å². The molecular formula is C18H19BrFNO2. The SMILES string of the molecule is CC(=O)Cc1ccc(C(=O)c2ccc(F)cc2)c(Br)c1.CNC. The molecule has 122 valence electrons. The van der Waals surface area contributed by atoms with E-state index in [9.17, 15) is 14.0 Å². The van der Waals surface area contributed by atoms with E-state index in [0.717, 1.165) is 5.56 Å². The molecule has 2 rings (SSSR count). The average Bonchev–Trinajstić information content (AvgIpc) is 2.47. The van der Waals surface area contributed by atoms with Gasteiger partial charge in [-0.25, -0.2) is 4.39 Å². The van der Waals surface area contributed by atoms with Crippen molar-refractivity contribution in [2.45, 2.75) is 13.3 Å². The van der Waals surface area contributed by atoms with E-state index in [-0.39, 0.29) is 17.4 Å². The fourth-order valence-electron chi connectivity index (χ4n) is 1.90. The van der Waals surface area contributed by atoms with Crippen LogP contribution in [0.4, 0.5) is 4.39 Å². The van der Waals surface area contributed by atoms with E-state index < -0.39 is 0 Å². The van der Waals surface area contributed by atoms with Crippen LogP contribution in [0, 0.1) is 5.82 Å². The van der Waals surface area contributed by atoms with Crippen molar-refractivity contribution < 1.29 is 14.0 Å². The Morgan fingerprint density at radius 3 is 2.13 bits per heavy atom. The number of hydrogen-bond donors (Lipinski definition) is 1. The molecule has 5 heteroatoms. The normalized spacial score (nSPS) is 9.78. The molecule has 0 unspecified atom stereocenters. The zero-order chi connectivity index (χ0) is 17.4. The van der Waals surface area contributed by atoms with E-state index in [4.69, 9.17) is 0 Å². The number of hydrogen-bond acceptors (Lipinski definition) is 3. The van der Waals surface area contributed by atoms with Gasteiger partial charge >= 0.3 is 0 Å². The lowest BCUT2D eigenvalue weighted by molar-refractivity contribution is -0.116. The summed E-state index contributed by atoms with van der Waals surface area (Å²) >= 11 is 3.34. The predicted molar refractivity (Wildman–Crippen MR) is 93.3 cm³/mol. The highest BCUT2D eigenvalue weighted by molar-refractivity contribution is 9.10. The van der Waals surface area contributed by atoms with Gasteiger partial charge in [0.25, 0.3) is 0 Å². The third-order valence-electron chi connectivity index (χ3n) is 2.84. The van der Waals surface area contributed by atoms with Crippen LogP contribution in [0.5, 0.6) is 0 Å². The summed E-state index contributed by atoms with van der Waals surface area (Å²) in [6.45, 7) is 1.52. The summed E-state index contributed by atoms with van der Waals surface area (Å²) < 4.78 is 13.5. The molecule has 0 amide bonds. The quantitative estimate of drug-likeness (QED) is 0.822. The van der Waals surface area contributed by atoms with Crippen LogP contribution >= 0.6 is 15.9 Å². The van der Waals surface area contributed by atoms with Gasteiger partial charge < -0.3 is 5.32 Å². The van der Waals surface area contributed by atoms with Gasteiger partial charge in [0.2, 0.25) is 0 Å². The molecule has 0 heterocycles. The summed E-state index contributed by atoms with van der Waals surface area (Å²) in [6.07, 6.45) is 0.337. The summed E-state index contributed by atoms with van der Waals surface area (Å²) in [5.41, 5.74) is 1.76. The second kappa shape index (κ2) is 9.33. The molecular weight excluding hydrogens is 361 g/mol. The minimum Gasteiger partial charge on any atom is -0.323 e. The molecule has 0 saturated heterocycles. The van der Waals surface area contributed by atoms with E-state index in [2.05, 4.69) is 21.2 Å². The average molecular weight is 380 g/mol. The molecule has 2 aromatic rings. The molecule has 0 aliphatic rings. The van der Waals surface area contributed by atoms with Crippen molar-refractivity contribution >= 4 is 27.5 Å². The van der Waals surface area contributed by atoms with Gasteiger partial charge in [-0.2, -0.15) is 0 Å². The van der Waals surface area contributed by atoms with E-state index in [0.29, 0.717) is 22.0 Å². The second-order valence-electron chi connectivity index (χ2n) is 5.03. The monoisotopic (exact) mass is 379 g/mol. The summed E-state index contributed by atoms with van der Waals surface area (Å²) in [6, 6.07) is 10.6. The Morgan fingerprint density at radius 2 is 1.65 bits per heavy atom. The topological polar surface area (TPSA) is 46.2 Å². The van der Waals surface area contributed by atoms with Gasteiger partial charge in [0, 0.05) is 22.0 Å². The van der Waals surface area contributed by atoms with Crippen LogP contribution in [0.2, 0.25) is 0 Å². The number of nitrogens with one attached hydrogen (secondary N) is 1. The van der Waals surface area contributed by atoms with Gasteiger partial charge in [-0.3, -0.25) is 9.59 Å². The molecule has 0 radical (unpaired) electrons. The van der Waals surface area contributed by atoms with Crippen molar-refractivity contribution in [1.82, 2.24) is 5.32 Å². The minimum atomic E-state index is -0.377. The summed E-state index contributed by atoms with van der Waals surface area (Å²) in [5.74, 6) is -0.502. The fourth-order valence-corrected chi connectivity index (χ4v) is 2.50. The smallest absolute Gasteiger partial charge is 0.194 e. The highest BCUT2D eigenvalue weighted by Crippen LogP contribution is 2.22. The van der Waals surface area contributed by atoms with E-state index in [1.807, 2.05) is 14.1 Å². The number of carbonyl (C=O) groups excluding carboxylic acids is 2. The van der Waals surface area contributed by atoms with Crippen LogP contribution < -0.4 is 5.32 Å². The maximum atomic E-state index is 12.9. The molecule has 0 atom stereocenters. The predicted octanol–water partition coefficient (Wildman–Crippen LogP) is 3.79. The first-order chi connectivity index (χ1) is 10.9. The first-order valence-corrected chi connectivity index (χ1v) is 7.85. The highest BCUT2D eigenvalue weighted by atomic mass is 79.9. The Labute approximate surface area is 144 Å². The molecule has 2 aromatic carbocycles. The van der Waals surface area contributed by atoms with Crippen LogP contribution in [0.1, 0.15) is 28.4 Å². The summed E-state index contributed by atoms with van der Waals surface area (Å²) in [5, 5.41) is 2.75. The third-order valence-corrected chi connectivity index (χ3v) is 3.49. The number of ketones is 2. The Kier molecular flexibility index (Phi) is 7.78. The summed E-state index contributed by atoms with van der Waals surface area (Å²) in [4.78, 5) is 23.4. The largest absolute Gasteiger partial charge is 0.323 e. The van der Waals surface area contributed by atoms with E-state index >= 15 is 0 Å². The molecule has 0 aliphatic carbocycles. The second-order valence-corrected chi connectivity index (χ2v) is 5.88. The third kappa shape index (κ3) is 6.04. The molecule has 0 aliphatic heterocycles. The Bertz CT molecular complexity index is 684. The van der Waals surface area contributed by atoms with Crippen molar-refractivity contribution in [3.8, 4) is 0 Å². The Balaban J connectivity index is 0.000000816. The zero-order valence-electron chi connectivity index (χ0n) is 13.3. The van der Waals surface area contributed by atoms with Crippen LogP contribution in [-0.2, 0) is 11.2 Å². The number of Topliss-reactive ketones (excluding diaryl/α,β-unsaturated/α-hetero) is 1. The van der Waals surface area contributed by atoms with Gasteiger partial charge in [-0.15, -0.1) is 0 Å². The van der Waals surface area contributed by atoms with Crippen molar-refractivity contribution in [1.29, 1.82) is 0 Å². The number of halogens is 2. The van der Waals surface area contributed by atoms with Gasteiger partial charge in [0.05, 0.1) is 0 Å². The molecule has 1 N–H and O–H groups in total. The van der Waals surface area contributed by atoms with Crippen LogP contribution in [0.15, 0.2) is 46.9 Å².